The molecule has 0 bridgehead atoms. The number of H-pyrrole nitrogens is 1. The number of nitrogens with one attached hydrogen (secondary N) is 2. The molecule has 0 spiro atoms. The van der Waals surface area contributed by atoms with Gasteiger partial charge < -0.3 is 15.0 Å². The summed E-state index contributed by atoms with van der Waals surface area (Å²) < 4.78 is 18.6. The van der Waals surface area contributed by atoms with Crippen LogP contribution in [0, 0.1) is 5.82 Å². The summed E-state index contributed by atoms with van der Waals surface area (Å²) >= 11 is 0. The van der Waals surface area contributed by atoms with E-state index in [0.717, 1.165) is 11.5 Å². The van der Waals surface area contributed by atoms with Crippen molar-refractivity contribution in [3.63, 3.8) is 0 Å². The quantitative estimate of drug-likeness (QED) is 0.705. The van der Waals surface area contributed by atoms with Crippen LogP contribution >= 0.6 is 0 Å². The van der Waals surface area contributed by atoms with Gasteiger partial charge >= 0.3 is 6.09 Å². The highest BCUT2D eigenvalue weighted by atomic mass is 19.1. The number of aromatic nitrogens is 2. The van der Waals surface area contributed by atoms with Crippen molar-refractivity contribution in [2.75, 3.05) is 7.05 Å². The number of hydrogen-bond acceptors (Lipinski definition) is 3. The van der Waals surface area contributed by atoms with E-state index >= 15 is 0 Å². The average Bonchev–Trinajstić information content (AvgIpc) is 2.77. The monoisotopic (exact) mass is 259 g/mol. The summed E-state index contributed by atoms with van der Waals surface area (Å²) in [6.45, 7) is 0. The van der Waals surface area contributed by atoms with E-state index < -0.39 is 11.9 Å². The predicted molar refractivity (Wildman–Crippen MR) is 68.6 cm³/mol. The normalized spacial score (nSPS) is 10.8. The maximum atomic E-state index is 13.6. The van der Waals surface area contributed by atoms with Crippen LogP contribution in [0.3, 0.4) is 0 Å². The van der Waals surface area contributed by atoms with Crippen LogP contribution in [0.1, 0.15) is 0 Å². The summed E-state index contributed by atoms with van der Waals surface area (Å²) in [5.41, 5.74) is 1.16. The third-order valence-corrected chi connectivity index (χ3v) is 2.82. The van der Waals surface area contributed by atoms with Gasteiger partial charge in [0.15, 0.2) is 5.75 Å². The van der Waals surface area contributed by atoms with E-state index in [1.165, 1.54) is 13.1 Å². The lowest BCUT2D eigenvalue weighted by molar-refractivity contribution is 0.203. The van der Waals surface area contributed by atoms with E-state index in [4.69, 9.17) is 4.74 Å². The van der Waals surface area contributed by atoms with Crippen LogP contribution in [0.15, 0.2) is 30.5 Å². The molecule has 6 heteroatoms. The van der Waals surface area contributed by atoms with Gasteiger partial charge in [-0.15, -0.1) is 0 Å². The van der Waals surface area contributed by atoms with Gasteiger partial charge in [-0.3, -0.25) is 0 Å². The molecule has 0 aliphatic carbocycles. The topological polar surface area (TPSA) is 67.0 Å². The maximum absolute atomic E-state index is 13.6. The Morgan fingerprint density at radius 3 is 3.05 bits per heavy atom. The van der Waals surface area contributed by atoms with Gasteiger partial charge in [0.05, 0.1) is 5.52 Å². The Bertz CT molecular complexity index is 782. The number of nitrogens with zero attached hydrogens (tertiary/aromatic N) is 1. The first-order chi connectivity index (χ1) is 9.19. The lowest BCUT2D eigenvalue weighted by atomic mass is 10.2. The molecule has 2 aromatic heterocycles. The Morgan fingerprint density at radius 2 is 2.26 bits per heavy atom. The van der Waals surface area contributed by atoms with Crippen molar-refractivity contribution in [1.82, 2.24) is 15.3 Å². The van der Waals surface area contributed by atoms with E-state index in [-0.39, 0.29) is 5.75 Å². The first-order valence-electron chi connectivity index (χ1n) is 5.64. The van der Waals surface area contributed by atoms with Gasteiger partial charge in [0, 0.05) is 30.1 Å². The molecule has 0 radical (unpaired) electrons. The molecule has 3 aromatic rings. The minimum atomic E-state index is -0.654. The largest absolute Gasteiger partial charge is 0.412 e. The van der Waals surface area contributed by atoms with E-state index in [1.54, 1.807) is 12.3 Å². The number of carbonyl (C=O) groups excluding carboxylic acids is 1. The fourth-order valence-electron chi connectivity index (χ4n) is 2.00. The van der Waals surface area contributed by atoms with Crippen molar-refractivity contribution in [1.29, 1.82) is 0 Å². The fourth-order valence-corrected chi connectivity index (χ4v) is 2.00. The zero-order valence-electron chi connectivity index (χ0n) is 10.0. The molecule has 0 aliphatic heterocycles. The van der Waals surface area contributed by atoms with Crippen molar-refractivity contribution in [2.45, 2.75) is 0 Å². The highest BCUT2D eigenvalue weighted by Crippen LogP contribution is 2.31. The molecule has 1 amide bonds. The molecular formula is C13H10FN3O2. The van der Waals surface area contributed by atoms with Gasteiger partial charge in [-0.1, -0.05) is 0 Å². The SMILES string of the molecule is CNC(=O)Oc1cc(F)cc2c1[nH]c1ncccc12. The number of amides is 1. The van der Waals surface area contributed by atoms with E-state index in [9.17, 15) is 9.18 Å². The van der Waals surface area contributed by atoms with Gasteiger partial charge in [-0.05, 0) is 18.2 Å². The molecule has 5 nitrogen and oxygen atoms in total. The standard InChI is InChI=1S/C13H10FN3O2/c1-15-13(18)19-10-6-7(14)5-9-8-3-2-4-16-12(8)17-11(9)10/h2-6H,1H3,(H,15,18)(H,16,17). The number of ether oxygens (including phenoxy) is 1. The number of aromatic amines is 1. The van der Waals surface area contributed by atoms with Crippen LogP contribution in [0.5, 0.6) is 5.75 Å². The number of pyridine rings is 1. The Morgan fingerprint density at radius 1 is 1.42 bits per heavy atom. The highest BCUT2D eigenvalue weighted by molar-refractivity contribution is 6.08. The molecule has 0 saturated heterocycles. The number of fused-ring (bicyclic) bond motifs is 3. The van der Waals surface area contributed by atoms with Gasteiger partial charge in [0.2, 0.25) is 0 Å². The molecule has 0 aliphatic rings. The molecule has 0 atom stereocenters. The minimum absolute atomic E-state index is 0.132. The van der Waals surface area contributed by atoms with Crippen LogP contribution in [0.4, 0.5) is 9.18 Å². The molecule has 0 unspecified atom stereocenters. The second-order valence-electron chi connectivity index (χ2n) is 3.99. The molecule has 1 aromatic carbocycles. The van der Waals surface area contributed by atoms with Crippen LogP contribution in [-0.2, 0) is 0 Å². The fraction of sp³-hybridized carbons (Fsp3) is 0.0769. The summed E-state index contributed by atoms with van der Waals surface area (Å²) in [6.07, 6.45) is 0.978. The van der Waals surface area contributed by atoms with Crippen LogP contribution in [-0.4, -0.2) is 23.1 Å². The first-order valence-corrected chi connectivity index (χ1v) is 5.64. The Labute approximate surface area is 107 Å². The van der Waals surface area contributed by atoms with Gasteiger partial charge in [-0.25, -0.2) is 14.2 Å². The lowest BCUT2D eigenvalue weighted by Crippen LogP contribution is -2.22. The molecule has 2 heterocycles. The van der Waals surface area contributed by atoms with E-state index in [1.807, 2.05) is 6.07 Å². The summed E-state index contributed by atoms with van der Waals surface area (Å²) in [7, 11) is 1.44. The summed E-state index contributed by atoms with van der Waals surface area (Å²) in [4.78, 5) is 18.4. The number of hydrogen-bond donors (Lipinski definition) is 2. The Kier molecular flexibility index (Phi) is 2.56. The third kappa shape index (κ3) is 1.87. The average molecular weight is 259 g/mol. The predicted octanol–water partition coefficient (Wildman–Crippen LogP) is 2.57. The number of rotatable bonds is 1. The first kappa shape index (κ1) is 11.5. The molecule has 2 N–H and O–H groups in total. The van der Waals surface area contributed by atoms with Crippen LogP contribution in [0.25, 0.3) is 21.9 Å². The second-order valence-corrected chi connectivity index (χ2v) is 3.99. The van der Waals surface area contributed by atoms with Crippen molar-refractivity contribution >= 4 is 28.0 Å². The molecule has 0 saturated carbocycles. The van der Waals surface area contributed by atoms with Crippen LogP contribution < -0.4 is 10.1 Å². The molecule has 0 fully saturated rings. The molecular weight excluding hydrogens is 249 g/mol. The minimum Gasteiger partial charge on any atom is -0.408 e. The maximum Gasteiger partial charge on any atom is 0.412 e. The van der Waals surface area contributed by atoms with Gasteiger partial charge in [0.25, 0.3) is 0 Å². The van der Waals surface area contributed by atoms with Gasteiger partial charge in [-0.2, -0.15) is 0 Å². The van der Waals surface area contributed by atoms with Crippen molar-refractivity contribution in [2.24, 2.45) is 0 Å². The summed E-state index contributed by atoms with van der Waals surface area (Å²) in [6, 6.07) is 6.13. The number of halogens is 1. The lowest BCUT2D eigenvalue weighted by Gasteiger charge is -2.04. The van der Waals surface area contributed by atoms with Crippen molar-refractivity contribution < 1.29 is 13.9 Å². The van der Waals surface area contributed by atoms with E-state index in [0.29, 0.717) is 16.6 Å². The zero-order chi connectivity index (χ0) is 13.4. The van der Waals surface area contributed by atoms with Crippen LogP contribution in [0.2, 0.25) is 0 Å². The van der Waals surface area contributed by atoms with Crippen molar-refractivity contribution in [3.8, 4) is 5.75 Å². The molecule has 19 heavy (non-hydrogen) atoms. The number of benzene rings is 1. The highest BCUT2D eigenvalue weighted by Gasteiger charge is 2.14. The van der Waals surface area contributed by atoms with Crippen molar-refractivity contribution in [3.05, 3.63) is 36.3 Å². The smallest absolute Gasteiger partial charge is 0.408 e. The third-order valence-electron chi connectivity index (χ3n) is 2.82. The Balaban J connectivity index is 2.29. The summed E-state index contributed by atoms with van der Waals surface area (Å²) in [5.74, 6) is -0.344. The molecule has 96 valence electrons. The second kappa shape index (κ2) is 4.24. The van der Waals surface area contributed by atoms with E-state index in [2.05, 4.69) is 15.3 Å². The van der Waals surface area contributed by atoms with Gasteiger partial charge in [0.1, 0.15) is 11.5 Å². The summed E-state index contributed by atoms with van der Waals surface area (Å²) in [5, 5.41) is 3.72. The Hall–Kier alpha value is -2.63. The number of carbonyl (C=O) groups is 1. The molecule has 3 rings (SSSR count). The zero-order valence-corrected chi connectivity index (χ0v) is 10.0.